The Morgan fingerprint density at radius 2 is 2.00 bits per heavy atom. The Morgan fingerprint density at radius 1 is 1.18 bits per heavy atom. The summed E-state index contributed by atoms with van der Waals surface area (Å²) in [5.41, 5.74) is 1.17. The van der Waals surface area contributed by atoms with Crippen molar-refractivity contribution >= 4 is 22.0 Å². The standard InChI is InChI=1S/C13H14BrF2N/c14-11-3-4-12(15)10(13(11)16)8-9-2-1-6-17-7-5-9/h3-4,8,17H,1-2,5-7H2/b9-8-. The SMILES string of the molecule is Fc1ccc(Br)c(F)c1/C=C1/CCCNCC1. The molecule has 1 aromatic carbocycles. The minimum atomic E-state index is -0.519. The highest BCUT2D eigenvalue weighted by Crippen LogP contribution is 2.25. The van der Waals surface area contributed by atoms with Crippen LogP contribution in [0.1, 0.15) is 24.8 Å². The van der Waals surface area contributed by atoms with Crippen LogP contribution < -0.4 is 5.32 Å². The van der Waals surface area contributed by atoms with Crippen molar-refractivity contribution in [2.75, 3.05) is 13.1 Å². The van der Waals surface area contributed by atoms with E-state index in [0.717, 1.165) is 37.9 Å². The molecule has 1 aromatic rings. The van der Waals surface area contributed by atoms with Crippen LogP contribution in [0.4, 0.5) is 8.78 Å². The van der Waals surface area contributed by atoms with Crippen LogP contribution in [-0.2, 0) is 0 Å². The van der Waals surface area contributed by atoms with Gasteiger partial charge in [-0.2, -0.15) is 0 Å². The van der Waals surface area contributed by atoms with Crippen molar-refractivity contribution in [1.29, 1.82) is 0 Å². The van der Waals surface area contributed by atoms with E-state index in [-0.39, 0.29) is 5.56 Å². The number of rotatable bonds is 1. The Balaban J connectivity index is 2.33. The molecular weight excluding hydrogens is 288 g/mol. The fourth-order valence-electron chi connectivity index (χ4n) is 1.96. The average molecular weight is 302 g/mol. The van der Waals surface area contributed by atoms with Gasteiger partial charge in [-0.25, -0.2) is 8.78 Å². The molecule has 1 nitrogen and oxygen atoms in total. The van der Waals surface area contributed by atoms with Crippen LogP contribution in [-0.4, -0.2) is 13.1 Å². The van der Waals surface area contributed by atoms with Crippen LogP contribution in [0.15, 0.2) is 22.2 Å². The predicted molar refractivity (Wildman–Crippen MR) is 68.8 cm³/mol. The first kappa shape index (κ1) is 12.7. The topological polar surface area (TPSA) is 12.0 Å². The number of benzene rings is 1. The van der Waals surface area contributed by atoms with E-state index in [4.69, 9.17) is 0 Å². The zero-order valence-electron chi connectivity index (χ0n) is 9.40. The van der Waals surface area contributed by atoms with E-state index in [1.807, 2.05) is 0 Å². The number of nitrogens with one attached hydrogen (secondary N) is 1. The third kappa shape index (κ3) is 3.13. The van der Waals surface area contributed by atoms with Crippen LogP contribution >= 0.6 is 15.9 Å². The Bertz CT molecular complexity index is 433. The summed E-state index contributed by atoms with van der Waals surface area (Å²) < 4.78 is 27.6. The first-order valence-electron chi connectivity index (χ1n) is 5.72. The fourth-order valence-corrected chi connectivity index (χ4v) is 2.31. The molecule has 4 heteroatoms. The van der Waals surface area contributed by atoms with Crippen molar-refractivity contribution in [2.45, 2.75) is 19.3 Å². The normalized spacial score (nSPS) is 19.4. The van der Waals surface area contributed by atoms with Crippen LogP contribution in [0.5, 0.6) is 0 Å². The highest BCUT2D eigenvalue weighted by Gasteiger charge is 2.12. The zero-order chi connectivity index (χ0) is 12.3. The van der Waals surface area contributed by atoms with Gasteiger partial charge in [-0.3, -0.25) is 0 Å². The summed E-state index contributed by atoms with van der Waals surface area (Å²) in [5.74, 6) is -1.02. The summed E-state index contributed by atoms with van der Waals surface area (Å²) in [6.07, 6.45) is 4.43. The molecule has 0 spiro atoms. The number of hydrogen-bond donors (Lipinski definition) is 1. The van der Waals surface area contributed by atoms with E-state index in [2.05, 4.69) is 21.2 Å². The Kier molecular flexibility index (Phi) is 4.29. The maximum atomic E-state index is 13.8. The van der Waals surface area contributed by atoms with Crippen LogP contribution in [0.2, 0.25) is 0 Å². The van der Waals surface area contributed by atoms with Crippen molar-refractivity contribution in [2.24, 2.45) is 0 Å². The molecule has 0 radical (unpaired) electrons. The molecule has 0 atom stereocenters. The van der Waals surface area contributed by atoms with Gasteiger partial charge in [-0.1, -0.05) is 5.57 Å². The van der Waals surface area contributed by atoms with Crippen molar-refractivity contribution in [3.8, 4) is 0 Å². The molecule has 1 N–H and O–H groups in total. The number of halogens is 3. The van der Waals surface area contributed by atoms with Gasteiger partial charge in [-0.05, 0) is 66.5 Å². The average Bonchev–Trinajstić information content (AvgIpc) is 2.58. The molecule has 1 aliphatic heterocycles. The fraction of sp³-hybridized carbons (Fsp3) is 0.385. The summed E-state index contributed by atoms with van der Waals surface area (Å²) in [5, 5.41) is 3.27. The molecule has 0 unspecified atom stereocenters. The van der Waals surface area contributed by atoms with E-state index >= 15 is 0 Å². The molecule has 1 fully saturated rings. The summed E-state index contributed by atoms with van der Waals surface area (Å²) >= 11 is 3.08. The molecule has 0 saturated carbocycles. The van der Waals surface area contributed by atoms with Crippen LogP contribution in [0.3, 0.4) is 0 Å². The third-order valence-corrected chi connectivity index (χ3v) is 3.51. The molecule has 0 amide bonds. The van der Waals surface area contributed by atoms with Gasteiger partial charge in [0, 0.05) is 5.56 Å². The minimum Gasteiger partial charge on any atom is -0.316 e. The van der Waals surface area contributed by atoms with Gasteiger partial charge in [0.05, 0.1) is 4.47 Å². The molecular formula is C13H14BrF2N. The van der Waals surface area contributed by atoms with Gasteiger partial charge in [0.15, 0.2) is 0 Å². The van der Waals surface area contributed by atoms with Gasteiger partial charge in [0.25, 0.3) is 0 Å². The molecule has 92 valence electrons. The highest BCUT2D eigenvalue weighted by atomic mass is 79.9. The Hall–Kier alpha value is -0.740. The minimum absolute atomic E-state index is 0.0660. The number of hydrogen-bond acceptors (Lipinski definition) is 1. The first-order valence-corrected chi connectivity index (χ1v) is 6.51. The Labute approximate surface area is 108 Å². The van der Waals surface area contributed by atoms with Gasteiger partial charge in [-0.15, -0.1) is 0 Å². The lowest BCUT2D eigenvalue weighted by Gasteiger charge is -2.06. The molecule has 0 bridgehead atoms. The second kappa shape index (κ2) is 5.74. The summed E-state index contributed by atoms with van der Waals surface area (Å²) in [6, 6.07) is 2.68. The molecule has 0 aromatic heterocycles. The van der Waals surface area contributed by atoms with E-state index in [1.165, 1.54) is 12.1 Å². The van der Waals surface area contributed by atoms with Crippen LogP contribution in [0.25, 0.3) is 6.08 Å². The van der Waals surface area contributed by atoms with Gasteiger partial charge >= 0.3 is 0 Å². The van der Waals surface area contributed by atoms with Crippen molar-refractivity contribution in [1.82, 2.24) is 5.32 Å². The van der Waals surface area contributed by atoms with Crippen LogP contribution in [0, 0.1) is 11.6 Å². The lowest BCUT2D eigenvalue weighted by atomic mass is 10.0. The smallest absolute Gasteiger partial charge is 0.147 e. The third-order valence-electron chi connectivity index (χ3n) is 2.90. The molecule has 1 heterocycles. The predicted octanol–water partition coefficient (Wildman–Crippen LogP) is 3.88. The maximum absolute atomic E-state index is 13.8. The highest BCUT2D eigenvalue weighted by molar-refractivity contribution is 9.10. The van der Waals surface area contributed by atoms with E-state index in [0.29, 0.717) is 4.47 Å². The van der Waals surface area contributed by atoms with E-state index in [1.54, 1.807) is 6.08 Å². The van der Waals surface area contributed by atoms with Gasteiger partial charge in [0.1, 0.15) is 11.6 Å². The summed E-state index contributed by atoms with van der Waals surface area (Å²) in [4.78, 5) is 0. The summed E-state index contributed by atoms with van der Waals surface area (Å²) in [6.45, 7) is 1.85. The van der Waals surface area contributed by atoms with E-state index in [9.17, 15) is 8.78 Å². The molecule has 2 rings (SSSR count). The molecule has 17 heavy (non-hydrogen) atoms. The van der Waals surface area contributed by atoms with Gasteiger partial charge < -0.3 is 5.32 Å². The second-order valence-corrected chi connectivity index (χ2v) is 5.02. The van der Waals surface area contributed by atoms with Gasteiger partial charge in [0.2, 0.25) is 0 Å². The molecule has 0 aliphatic carbocycles. The van der Waals surface area contributed by atoms with Crippen molar-refractivity contribution < 1.29 is 8.78 Å². The second-order valence-electron chi connectivity index (χ2n) is 4.16. The summed E-state index contributed by atoms with van der Waals surface area (Å²) in [7, 11) is 0. The monoisotopic (exact) mass is 301 g/mol. The Morgan fingerprint density at radius 3 is 2.82 bits per heavy atom. The maximum Gasteiger partial charge on any atom is 0.147 e. The zero-order valence-corrected chi connectivity index (χ0v) is 11.0. The first-order chi connectivity index (χ1) is 8.18. The van der Waals surface area contributed by atoms with Crippen molar-refractivity contribution in [3.63, 3.8) is 0 Å². The quantitative estimate of drug-likeness (QED) is 0.776. The lowest BCUT2D eigenvalue weighted by Crippen LogP contribution is -2.13. The molecule has 1 saturated heterocycles. The molecule has 1 aliphatic rings. The largest absolute Gasteiger partial charge is 0.316 e. The lowest BCUT2D eigenvalue weighted by molar-refractivity contribution is 0.574. The van der Waals surface area contributed by atoms with E-state index < -0.39 is 11.6 Å². The van der Waals surface area contributed by atoms with Crippen molar-refractivity contribution in [3.05, 3.63) is 39.4 Å².